The summed E-state index contributed by atoms with van der Waals surface area (Å²) in [6, 6.07) is 17.8. The molecule has 1 unspecified atom stereocenters. The number of rotatable bonds is 4. The highest BCUT2D eigenvalue weighted by molar-refractivity contribution is 5.86. The van der Waals surface area contributed by atoms with Crippen LogP contribution in [0, 0.1) is 5.82 Å². The van der Waals surface area contributed by atoms with E-state index in [1.54, 1.807) is 6.07 Å². The first kappa shape index (κ1) is 20.2. The molecule has 1 aliphatic rings. The van der Waals surface area contributed by atoms with Crippen LogP contribution in [0.2, 0.25) is 0 Å². The van der Waals surface area contributed by atoms with Crippen LogP contribution < -0.4 is 4.74 Å². The molecule has 5 heteroatoms. The lowest BCUT2D eigenvalue weighted by Gasteiger charge is -2.32. The van der Waals surface area contributed by atoms with Gasteiger partial charge in [-0.2, -0.15) is 0 Å². The predicted octanol–water partition coefficient (Wildman–Crippen LogP) is 7.57. The van der Waals surface area contributed by atoms with Crippen LogP contribution in [0.3, 0.4) is 0 Å². The van der Waals surface area contributed by atoms with Crippen molar-refractivity contribution in [2.45, 2.75) is 31.5 Å². The zero-order valence-corrected chi connectivity index (χ0v) is 16.3. The van der Waals surface area contributed by atoms with Crippen LogP contribution in [0.4, 0.5) is 17.6 Å². The second-order valence-corrected chi connectivity index (χ2v) is 7.43. The smallest absolute Gasteiger partial charge is 0.403 e. The summed E-state index contributed by atoms with van der Waals surface area (Å²) in [7, 11) is 0. The molecule has 3 aromatic rings. The molecule has 0 N–H and O–H groups in total. The van der Waals surface area contributed by atoms with Crippen molar-refractivity contribution in [1.82, 2.24) is 0 Å². The van der Waals surface area contributed by atoms with Gasteiger partial charge < -0.3 is 4.74 Å². The van der Waals surface area contributed by atoms with Crippen molar-refractivity contribution in [3.05, 3.63) is 95.8 Å². The first-order valence-corrected chi connectivity index (χ1v) is 9.75. The van der Waals surface area contributed by atoms with Crippen molar-refractivity contribution in [3.8, 4) is 5.75 Å². The van der Waals surface area contributed by atoms with E-state index in [2.05, 4.69) is 42.0 Å². The SMILES string of the molecule is CCC1(c2ccc3c(F)c(OC(F)(F)F)ccc3c2)C=CC(c2ccccc2)=CC1. The monoisotopic (exact) mass is 412 g/mol. The summed E-state index contributed by atoms with van der Waals surface area (Å²) in [5.74, 6) is -1.83. The lowest BCUT2D eigenvalue weighted by molar-refractivity contribution is -0.275. The lowest BCUT2D eigenvalue weighted by Crippen LogP contribution is -2.23. The minimum atomic E-state index is -4.93. The summed E-state index contributed by atoms with van der Waals surface area (Å²) in [6.45, 7) is 2.09. The number of alkyl halides is 3. The molecule has 154 valence electrons. The minimum absolute atomic E-state index is 0.104. The van der Waals surface area contributed by atoms with E-state index in [-0.39, 0.29) is 10.8 Å². The second-order valence-electron chi connectivity index (χ2n) is 7.43. The Balaban J connectivity index is 1.68. The molecular weight excluding hydrogens is 392 g/mol. The van der Waals surface area contributed by atoms with Gasteiger partial charge in [0.05, 0.1) is 0 Å². The quantitative estimate of drug-likeness (QED) is 0.402. The minimum Gasteiger partial charge on any atom is -0.403 e. The number of hydrogen-bond acceptors (Lipinski definition) is 1. The molecule has 0 heterocycles. The molecule has 4 rings (SSSR count). The molecule has 0 bridgehead atoms. The Morgan fingerprint density at radius 1 is 1.00 bits per heavy atom. The van der Waals surface area contributed by atoms with Crippen molar-refractivity contribution in [2.24, 2.45) is 0 Å². The van der Waals surface area contributed by atoms with Gasteiger partial charge in [0.25, 0.3) is 0 Å². The molecule has 1 atom stereocenters. The molecule has 0 aromatic heterocycles. The highest BCUT2D eigenvalue weighted by atomic mass is 19.4. The second kappa shape index (κ2) is 7.63. The molecule has 0 saturated heterocycles. The van der Waals surface area contributed by atoms with E-state index < -0.39 is 17.9 Å². The van der Waals surface area contributed by atoms with Crippen LogP contribution in [0.25, 0.3) is 16.3 Å². The summed E-state index contributed by atoms with van der Waals surface area (Å²) in [6.07, 6.45) is 3.17. The van der Waals surface area contributed by atoms with Crippen LogP contribution in [-0.2, 0) is 5.41 Å². The van der Waals surface area contributed by atoms with Gasteiger partial charge in [0.2, 0.25) is 0 Å². The Morgan fingerprint density at radius 3 is 2.40 bits per heavy atom. The molecular formula is C25H20F4O. The van der Waals surface area contributed by atoms with Crippen LogP contribution in [-0.4, -0.2) is 6.36 Å². The van der Waals surface area contributed by atoms with Crippen LogP contribution in [0.5, 0.6) is 5.75 Å². The fourth-order valence-electron chi connectivity index (χ4n) is 3.99. The van der Waals surface area contributed by atoms with Gasteiger partial charge in [0.15, 0.2) is 11.6 Å². The molecule has 0 aliphatic heterocycles. The maximum absolute atomic E-state index is 14.5. The highest BCUT2D eigenvalue weighted by Gasteiger charge is 2.33. The number of ether oxygens (including phenoxy) is 1. The molecule has 0 radical (unpaired) electrons. The predicted molar refractivity (Wildman–Crippen MR) is 111 cm³/mol. The average molecular weight is 412 g/mol. The van der Waals surface area contributed by atoms with Gasteiger partial charge in [-0.15, -0.1) is 13.2 Å². The zero-order chi connectivity index (χ0) is 21.4. The summed E-state index contributed by atoms with van der Waals surface area (Å²) in [5.41, 5.74) is 3.06. The third-order valence-corrected chi connectivity index (χ3v) is 5.73. The topological polar surface area (TPSA) is 9.23 Å². The van der Waals surface area contributed by atoms with Gasteiger partial charge in [0, 0.05) is 10.8 Å². The molecule has 0 spiro atoms. The Hall–Kier alpha value is -3.08. The molecule has 3 aromatic carbocycles. The molecule has 0 fully saturated rings. The van der Waals surface area contributed by atoms with Crippen molar-refractivity contribution < 1.29 is 22.3 Å². The Kier molecular flexibility index (Phi) is 5.14. The molecule has 0 amide bonds. The Bertz CT molecular complexity index is 1130. The maximum Gasteiger partial charge on any atom is 0.573 e. The van der Waals surface area contributed by atoms with Gasteiger partial charge in [-0.3, -0.25) is 0 Å². The number of allylic oxidation sites excluding steroid dienone is 4. The van der Waals surface area contributed by atoms with Gasteiger partial charge in [0.1, 0.15) is 0 Å². The van der Waals surface area contributed by atoms with E-state index >= 15 is 0 Å². The Labute approximate surface area is 172 Å². The summed E-state index contributed by atoms with van der Waals surface area (Å²) in [5, 5.41) is 0.644. The fraction of sp³-hybridized carbons (Fsp3) is 0.200. The van der Waals surface area contributed by atoms with E-state index in [1.165, 1.54) is 12.1 Å². The average Bonchev–Trinajstić information content (AvgIpc) is 2.75. The van der Waals surface area contributed by atoms with Crippen molar-refractivity contribution >= 4 is 16.3 Å². The van der Waals surface area contributed by atoms with E-state index in [1.807, 2.05) is 24.3 Å². The summed E-state index contributed by atoms with van der Waals surface area (Å²) < 4.78 is 55.8. The lowest BCUT2D eigenvalue weighted by atomic mass is 9.71. The molecule has 1 aliphatic carbocycles. The van der Waals surface area contributed by atoms with E-state index in [9.17, 15) is 17.6 Å². The largest absolute Gasteiger partial charge is 0.573 e. The Morgan fingerprint density at radius 2 is 1.77 bits per heavy atom. The first-order valence-electron chi connectivity index (χ1n) is 9.75. The van der Waals surface area contributed by atoms with Gasteiger partial charge in [-0.1, -0.05) is 79.7 Å². The number of hydrogen-bond donors (Lipinski definition) is 0. The van der Waals surface area contributed by atoms with Crippen LogP contribution in [0.15, 0.2) is 78.9 Å². The van der Waals surface area contributed by atoms with Crippen molar-refractivity contribution in [3.63, 3.8) is 0 Å². The first-order chi connectivity index (χ1) is 14.3. The summed E-state index contributed by atoms with van der Waals surface area (Å²) in [4.78, 5) is 0. The van der Waals surface area contributed by atoms with Crippen LogP contribution in [0.1, 0.15) is 30.9 Å². The van der Waals surface area contributed by atoms with E-state index in [0.717, 1.165) is 35.6 Å². The van der Waals surface area contributed by atoms with Gasteiger partial charge >= 0.3 is 6.36 Å². The molecule has 0 saturated carbocycles. The van der Waals surface area contributed by atoms with Gasteiger partial charge in [-0.05, 0) is 41.0 Å². The van der Waals surface area contributed by atoms with E-state index in [4.69, 9.17) is 0 Å². The third kappa shape index (κ3) is 3.84. The molecule has 1 nitrogen and oxygen atoms in total. The third-order valence-electron chi connectivity index (χ3n) is 5.73. The fourth-order valence-corrected chi connectivity index (χ4v) is 3.99. The maximum atomic E-state index is 14.5. The molecule has 30 heavy (non-hydrogen) atoms. The summed E-state index contributed by atoms with van der Waals surface area (Å²) >= 11 is 0. The standard InChI is InChI=1S/C25H20F4O/c1-2-24(14-12-18(13-15-24)17-6-4-3-5-7-17)20-9-10-21-19(16-20)8-11-22(23(21)26)30-25(27,28)29/h3-14,16H,2,15H2,1H3. The zero-order valence-electron chi connectivity index (χ0n) is 16.3. The van der Waals surface area contributed by atoms with Crippen molar-refractivity contribution in [1.29, 1.82) is 0 Å². The van der Waals surface area contributed by atoms with Crippen molar-refractivity contribution in [2.75, 3.05) is 0 Å². The van der Waals surface area contributed by atoms with E-state index in [0.29, 0.717) is 5.39 Å². The highest BCUT2D eigenvalue weighted by Crippen LogP contribution is 2.41. The number of halogens is 4. The van der Waals surface area contributed by atoms with Crippen LogP contribution >= 0.6 is 0 Å². The normalized spacial score (nSPS) is 19.0. The number of benzene rings is 3. The number of fused-ring (bicyclic) bond motifs is 1. The van der Waals surface area contributed by atoms with Gasteiger partial charge in [-0.25, -0.2) is 4.39 Å².